The van der Waals surface area contributed by atoms with Gasteiger partial charge in [0, 0.05) is 31.1 Å². The molecule has 0 spiro atoms. The largest absolute Gasteiger partial charge is 0.312 e. The van der Waals surface area contributed by atoms with Gasteiger partial charge in [-0.2, -0.15) is 0 Å². The Morgan fingerprint density at radius 2 is 2.10 bits per heavy atom. The van der Waals surface area contributed by atoms with E-state index in [1.165, 1.54) is 15.6 Å². The molecule has 2 rings (SSSR count). The van der Waals surface area contributed by atoms with Crippen molar-refractivity contribution in [2.45, 2.75) is 39.8 Å². The average molecular weight is 311 g/mol. The van der Waals surface area contributed by atoms with Crippen LogP contribution in [0.2, 0.25) is 0 Å². The van der Waals surface area contributed by atoms with Crippen molar-refractivity contribution in [3.63, 3.8) is 0 Å². The predicted octanol–water partition coefficient (Wildman–Crippen LogP) is 2.37. The minimum absolute atomic E-state index is 0.456. The third kappa shape index (κ3) is 4.49. The monoisotopic (exact) mass is 310 g/mol. The van der Waals surface area contributed by atoms with Crippen LogP contribution in [-0.2, 0) is 13.0 Å². The second-order valence-electron chi connectivity index (χ2n) is 6.56. The highest BCUT2D eigenvalue weighted by Crippen LogP contribution is 2.29. The Labute approximate surface area is 133 Å². The second-order valence-corrected chi connectivity index (χ2v) is 7.67. The van der Waals surface area contributed by atoms with Gasteiger partial charge in [0.2, 0.25) is 0 Å². The van der Waals surface area contributed by atoms with Gasteiger partial charge in [-0.15, -0.1) is 11.3 Å². The van der Waals surface area contributed by atoms with Crippen molar-refractivity contribution in [2.75, 3.05) is 40.3 Å². The van der Waals surface area contributed by atoms with Crippen molar-refractivity contribution in [2.24, 2.45) is 5.92 Å². The SMILES string of the molecule is CCc1nc(C2CN(C)CCN2C)sc1CNCC(C)C. The Morgan fingerprint density at radius 3 is 2.76 bits per heavy atom. The maximum absolute atomic E-state index is 4.95. The summed E-state index contributed by atoms with van der Waals surface area (Å²) in [4.78, 5) is 11.2. The van der Waals surface area contributed by atoms with E-state index in [-0.39, 0.29) is 0 Å². The van der Waals surface area contributed by atoms with Crippen LogP contribution in [0.5, 0.6) is 0 Å². The van der Waals surface area contributed by atoms with E-state index in [4.69, 9.17) is 4.98 Å². The molecule has 120 valence electrons. The molecule has 1 saturated heterocycles. The summed E-state index contributed by atoms with van der Waals surface area (Å²) in [6, 6.07) is 0.456. The topological polar surface area (TPSA) is 31.4 Å². The number of hydrogen-bond donors (Lipinski definition) is 1. The lowest BCUT2D eigenvalue weighted by atomic mass is 10.2. The lowest BCUT2D eigenvalue weighted by molar-refractivity contribution is 0.115. The summed E-state index contributed by atoms with van der Waals surface area (Å²) in [6.07, 6.45) is 1.03. The molecule has 0 bridgehead atoms. The molecule has 1 aliphatic heterocycles. The molecule has 4 nitrogen and oxygen atoms in total. The Kier molecular flexibility index (Phi) is 6.17. The Balaban J connectivity index is 2.08. The molecule has 1 atom stereocenters. The first-order chi connectivity index (χ1) is 10.0. The van der Waals surface area contributed by atoms with E-state index in [2.05, 4.69) is 50.0 Å². The standard InChI is InChI=1S/C16H30N4S/c1-6-13-15(10-17-9-12(2)3)21-16(18-13)14-11-19(4)7-8-20(14)5/h12,14,17H,6-11H2,1-5H3. The molecule has 0 amide bonds. The number of rotatable bonds is 6. The van der Waals surface area contributed by atoms with Crippen LogP contribution >= 0.6 is 11.3 Å². The second kappa shape index (κ2) is 7.68. The fourth-order valence-electron chi connectivity index (χ4n) is 2.71. The van der Waals surface area contributed by atoms with Crippen molar-refractivity contribution in [1.82, 2.24) is 20.1 Å². The third-order valence-corrected chi connectivity index (χ3v) is 5.30. The van der Waals surface area contributed by atoms with Crippen molar-refractivity contribution in [3.8, 4) is 0 Å². The first-order valence-corrected chi connectivity index (χ1v) is 8.90. The average Bonchev–Trinajstić information content (AvgIpc) is 2.84. The van der Waals surface area contributed by atoms with E-state index < -0.39 is 0 Å². The molecular formula is C16H30N4S. The van der Waals surface area contributed by atoms with Gasteiger partial charge >= 0.3 is 0 Å². The van der Waals surface area contributed by atoms with Crippen LogP contribution < -0.4 is 5.32 Å². The normalized spacial score (nSPS) is 21.3. The Morgan fingerprint density at radius 1 is 1.33 bits per heavy atom. The zero-order valence-electron chi connectivity index (χ0n) is 14.1. The van der Waals surface area contributed by atoms with Gasteiger partial charge in [0.05, 0.1) is 11.7 Å². The molecule has 1 aromatic rings. The van der Waals surface area contributed by atoms with Gasteiger partial charge in [-0.3, -0.25) is 4.90 Å². The van der Waals surface area contributed by atoms with Crippen LogP contribution in [0.3, 0.4) is 0 Å². The fraction of sp³-hybridized carbons (Fsp3) is 0.812. The lowest BCUT2D eigenvalue weighted by Gasteiger charge is -2.36. The van der Waals surface area contributed by atoms with Gasteiger partial charge in [0.25, 0.3) is 0 Å². The summed E-state index contributed by atoms with van der Waals surface area (Å²) in [7, 11) is 4.43. The van der Waals surface area contributed by atoms with E-state index in [1.807, 2.05) is 11.3 Å². The number of likely N-dealkylation sites (N-methyl/N-ethyl adjacent to an activating group) is 2. The molecule has 21 heavy (non-hydrogen) atoms. The highest BCUT2D eigenvalue weighted by molar-refractivity contribution is 7.11. The van der Waals surface area contributed by atoms with Gasteiger partial charge in [0.1, 0.15) is 5.01 Å². The molecule has 1 aromatic heterocycles. The molecule has 5 heteroatoms. The molecule has 1 aliphatic rings. The maximum Gasteiger partial charge on any atom is 0.112 e. The van der Waals surface area contributed by atoms with Crippen LogP contribution in [0, 0.1) is 5.92 Å². The quantitative estimate of drug-likeness (QED) is 0.874. The smallest absolute Gasteiger partial charge is 0.112 e. The van der Waals surface area contributed by atoms with Gasteiger partial charge in [-0.1, -0.05) is 20.8 Å². The molecule has 1 fully saturated rings. The van der Waals surface area contributed by atoms with Crippen LogP contribution in [0.15, 0.2) is 0 Å². The zero-order valence-corrected chi connectivity index (χ0v) is 15.0. The zero-order chi connectivity index (χ0) is 15.4. The van der Waals surface area contributed by atoms with Crippen LogP contribution in [0.25, 0.3) is 0 Å². The predicted molar refractivity (Wildman–Crippen MR) is 90.9 cm³/mol. The molecule has 1 N–H and O–H groups in total. The molecular weight excluding hydrogens is 280 g/mol. The summed E-state index contributed by atoms with van der Waals surface area (Å²) in [5, 5.41) is 4.85. The molecule has 2 heterocycles. The van der Waals surface area contributed by atoms with Gasteiger partial charge in [-0.25, -0.2) is 4.98 Å². The van der Waals surface area contributed by atoms with Crippen molar-refractivity contribution in [1.29, 1.82) is 0 Å². The highest BCUT2D eigenvalue weighted by atomic mass is 32.1. The number of thiazole rings is 1. The number of nitrogens with zero attached hydrogens (tertiary/aromatic N) is 3. The molecule has 0 saturated carbocycles. The van der Waals surface area contributed by atoms with Crippen LogP contribution in [0.1, 0.15) is 42.4 Å². The molecule has 0 aromatic carbocycles. The Bertz CT molecular complexity index is 443. The summed E-state index contributed by atoms with van der Waals surface area (Å²) in [5.41, 5.74) is 1.29. The molecule has 0 aliphatic carbocycles. The lowest BCUT2D eigenvalue weighted by Crippen LogP contribution is -2.44. The minimum atomic E-state index is 0.456. The molecule has 1 unspecified atom stereocenters. The van der Waals surface area contributed by atoms with Crippen molar-refractivity contribution in [3.05, 3.63) is 15.6 Å². The maximum atomic E-state index is 4.95. The van der Waals surface area contributed by atoms with E-state index in [0.717, 1.165) is 39.1 Å². The van der Waals surface area contributed by atoms with E-state index in [1.54, 1.807) is 0 Å². The van der Waals surface area contributed by atoms with Crippen molar-refractivity contribution < 1.29 is 0 Å². The third-order valence-electron chi connectivity index (χ3n) is 4.10. The first-order valence-electron chi connectivity index (χ1n) is 8.09. The number of nitrogens with one attached hydrogen (secondary N) is 1. The molecule has 0 radical (unpaired) electrons. The van der Waals surface area contributed by atoms with Crippen LogP contribution in [0.4, 0.5) is 0 Å². The summed E-state index contributed by atoms with van der Waals surface area (Å²) >= 11 is 1.91. The van der Waals surface area contributed by atoms with E-state index >= 15 is 0 Å². The number of piperazine rings is 1. The van der Waals surface area contributed by atoms with Gasteiger partial charge in [-0.05, 0) is 33.0 Å². The van der Waals surface area contributed by atoms with Crippen molar-refractivity contribution >= 4 is 11.3 Å². The van der Waals surface area contributed by atoms with Gasteiger partial charge < -0.3 is 10.2 Å². The summed E-state index contributed by atoms with van der Waals surface area (Å²) in [6.45, 7) is 12.1. The number of aromatic nitrogens is 1. The minimum Gasteiger partial charge on any atom is -0.312 e. The Hall–Kier alpha value is -0.490. The van der Waals surface area contributed by atoms with Gasteiger partial charge in [0.15, 0.2) is 0 Å². The summed E-state index contributed by atoms with van der Waals surface area (Å²) < 4.78 is 0. The number of aryl methyl sites for hydroxylation is 1. The highest BCUT2D eigenvalue weighted by Gasteiger charge is 2.27. The summed E-state index contributed by atoms with van der Waals surface area (Å²) in [5.74, 6) is 0.695. The first kappa shape index (κ1) is 16.9. The van der Waals surface area contributed by atoms with E-state index in [0.29, 0.717) is 12.0 Å². The van der Waals surface area contributed by atoms with E-state index in [9.17, 15) is 0 Å². The van der Waals surface area contributed by atoms with Crippen LogP contribution in [-0.4, -0.2) is 55.1 Å². The fourth-order valence-corrected chi connectivity index (χ4v) is 3.99. The number of hydrogen-bond acceptors (Lipinski definition) is 5.